The lowest BCUT2D eigenvalue weighted by atomic mass is 9.87. The SMILES string of the molecule is [C-]#[N+]C([N+]#[C-])=C1Cc2c(-c3ccc(S(=O)(=O)C(F)(F)F)cc3)c3c(c(-c4ccc(S(=O)(=O)C(F)(F)F)cc4)c2=C1C)CC(=C(C#N)C#N)C=3OC(F)(F)F.[C-]#[N+]C([N+]#[C-])=C1Cc2c(-c3ccc(S(C)(=O)=O)cc3)c3c(c(-c4ccc(S(C)(=O)=O)cc4)c2=C1C)CC(=C(C#N)C#N)C=3OC(F)(F)F.[C-]#[N+]C([N+]#[C-])=C1Cc2c(-c3ccc([N+](=O)[O-])cc3)c3c(c(-c4ccc([N+](=O)[O-])cc4)c2=C1C)CC(=C(C#N)C#N)C=3OC(F)(F)F. The van der Waals surface area contributed by atoms with Crippen molar-refractivity contribution >= 4 is 84.7 Å². The molecule has 0 saturated carbocycles. The molecule has 9 aromatic carbocycles. The van der Waals surface area contributed by atoms with Crippen molar-refractivity contribution in [1.29, 1.82) is 31.6 Å². The van der Waals surface area contributed by atoms with Crippen molar-refractivity contribution in [3.05, 3.63) is 367 Å². The second-order valence-electron chi connectivity index (χ2n) is 32.4. The largest absolute Gasteiger partial charge is 0.573 e. The van der Waals surface area contributed by atoms with Gasteiger partial charge in [-0.1, -0.05) is 48.5 Å². The number of alkyl halides is 15. The molecule has 0 unspecified atom stereocenters. The van der Waals surface area contributed by atoms with E-state index in [1.54, 1.807) is 38.1 Å². The number of rotatable bonds is 15. The summed E-state index contributed by atoms with van der Waals surface area (Å²) in [5.74, 6) is -3.76. The molecule has 29 nitrogen and oxygen atoms in total. The zero-order chi connectivity index (χ0) is 109. The molecule has 0 radical (unpaired) electrons. The minimum Gasteiger partial charge on any atom is -0.405 e. The summed E-state index contributed by atoms with van der Waals surface area (Å²) >= 11 is 0. The van der Waals surface area contributed by atoms with Crippen LogP contribution in [-0.4, -0.2) is 86.1 Å². The Morgan fingerprint density at radius 2 is 0.480 bits per heavy atom. The van der Waals surface area contributed by atoms with Crippen molar-refractivity contribution in [3.8, 4) is 103 Å². The third-order valence-electron chi connectivity index (χ3n) is 24.3. The molecule has 0 atom stereocenters. The van der Waals surface area contributed by atoms with Gasteiger partial charge in [-0.05, 0) is 245 Å². The van der Waals surface area contributed by atoms with Gasteiger partial charge in [-0.25, -0.2) is 33.7 Å². The van der Waals surface area contributed by atoms with Crippen molar-refractivity contribution in [2.75, 3.05) is 12.5 Å². The minimum absolute atomic E-state index is 0.0144. The normalized spacial score (nSPS) is 13.9. The predicted octanol–water partition coefficient (Wildman–Crippen LogP) is 18.2. The highest BCUT2D eigenvalue weighted by Crippen LogP contribution is 2.48. The molecule has 0 bridgehead atoms. The van der Waals surface area contributed by atoms with Gasteiger partial charge in [-0.3, -0.25) is 20.2 Å². The molecule has 0 heterocycles. The van der Waals surface area contributed by atoms with Gasteiger partial charge in [0.1, 0.15) is 110 Å². The van der Waals surface area contributed by atoms with E-state index in [0.717, 1.165) is 48.9 Å². The highest BCUT2D eigenvalue weighted by molar-refractivity contribution is 7.92. The van der Waals surface area contributed by atoms with Crippen molar-refractivity contribution in [3.63, 3.8) is 0 Å². The van der Waals surface area contributed by atoms with E-state index in [0.29, 0.717) is 90.4 Å². The van der Waals surface area contributed by atoms with E-state index in [-0.39, 0.29) is 163 Å². The zero-order valence-corrected chi connectivity index (χ0v) is 78.6. The van der Waals surface area contributed by atoms with Crippen LogP contribution in [0, 0.1) is 128 Å². The molecule has 740 valence electrons. The second-order valence-corrected chi connectivity index (χ2v) is 40.3. The van der Waals surface area contributed by atoms with Gasteiger partial charge in [0.25, 0.3) is 31.0 Å². The molecule has 6 aliphatic carbocycles. The molecular formula is C100H51F15N14O15S4. The van der Waals surface area contributed by atoms with Crippen molar-refractivity contribution in [2.24, 2.45) is 0 Å². The Balaban J connectivity index is 0.000000186. The summed E-state index contributed by atoms with van der Waals surface area (Å²) in [6.45, 7) is 50.1. The first kappa shape index (κ1) is 107. The molecule has 9 aromatic rings. The topological polar surface area (TPSA) is 419 Å². The summed E-state index contributed by atoms with van der Waals surface area (Å²) in [6.07, 6.45) is -16.1. The molecule has 148 heavy (non-hydrogen) atoms. The van der Waals surface area contributed by atoms with Gasteiger partial charge < -0.3 is 14.2 Å². The standard InChI is InChI=1S/C34H15F9N4O5S2.C34H21F3N4O5S2.C32H15F3N6O5/c1-16-22(31(46-2)47-3)12-24-26(16)27(17-4-8-20(9-5-17)53(48,49)33(38,39)40)25-13-23(19(14-44)15-45)30(52-32(35,36)37)29(25)28(24)18-6-10-21(11-7-18)54(50,51)34(41,42)43;1-18-24(33(40-2)41-3)14-26-28(18)29(19-6-10-22(11-7-19)47(4,42)43)27-15-25(21(16-38)17-39)32(46-34(35,36)37)31(27)30(26)20-8-12-23(13-9-20)48(5,44)45;1-16-22(31(38-2)39-3)12-24-26(16)27(17-4-8-20(9-5-17)40(42)43)25-13-23(19(14-36)15-37)30(46-32(33,34)35)29(25)28(24)18-6-10-21(11-7-18)41(44)45/h4-11H,12-13H2,1H3;6-13H,14-15H2,1,4-5H3;4-11H,12-13H2,1H3. The van der Waals surface area contributed by atoms with E-state index in [2.05, 4.69) is 43.3 Å². The van der Waals surface area contributed by atoms with E-state index < -0.39 is 153 Å². The van der Waals surface area contributed by atoms with Gasteiger partial charge in [0.15, 0.2) is 19.7 Å². The number of nitrogens with zero attached hydrogens (tertiary/aromatic N) is 14. The Morgan fingerprint density at radius 1 is 0.304 bits per heavy atom. The monoisotopic (exact) mass is 2100 g/mol. The molecule has 0 aromatic heterocycles. The average molecular weight is 2100 g/mol. The van der Waals surface area contributed by atoms with Gasteiger partial charge >= 0.3 is 47.6 Å². The van der Waals surface area contributed by atoms with E-state index in [1.165, 1.54) is 104 Å². The Kier molecular flexibility index (Phi) is 28.4. The molecular weight excluding hydrogens is 2050 g/mol. The van der Waals surface area contributed by atoms with Crippen LogP contribution in [0.3, 0.4) is 0 Å². The molecule has 6 aliphatic rings. The number of nitriles is 6. The maximum absolute atomic E-state index is 14.1. The van der Waals surface area contributed by atoms with Crippen LogP contribution in [0.5, 0.6) is 0 Å². The number of fused-ring (bicyclic) bond motifs is 6. The van der Waals surface area contributed by atoms with Crippen LogP contribution < -0.4 is 31.3 Å². The smallest absolute Gasteiger partial charge is 0.405 e. The van der Waals surface area contributed by atoms with E-state index in [9.17, 15) is 151 Å². The number of halogens is 15. The highest BCUT2D eigenvalue weighted by atomic mass is 32.2. The Hall–Kier alpha value is -18.5. The first-order valence-corrected chi connectivity index (χ1v) is 48.1. The number of nitro groups is 2. The number of allylic oxidation sites excluding steroid dienone is 6. The summed E-state index contributed by atoms with van der Waals surface area (Å²) in [5.41, 5.74) is -11.2. The first-order valence-electron chi connectivity index (χ1n) is 41.3. The average Bonchev–Trinajstić information content (AvgIpc) is 1.55. The predicted molar refractivity (Wildman–Crippen MR) is 492 cm³/mol. The summed E-state index contributed by atoms with van der Waals surface area (Å²) in [7, 11) is -19.1. The molecule has 0 N–H and O–H groups in total. The Labute approximate surface area is 826 Å². The van der Waals surface area contributed by atoms with E-state index >= 15 is 0 Å². The third-order valence-corrected chi connectivity index (χ3v) is 29.6. The lowest BCUT2D eigenvalue weighted by Gasteiger charge is -2.18. The zero-order valence-electron chi connectivity index (χ0n) is 75.3. The number of non-ortho nitro benzene ring substituents is 2. The number of sulfone groups is 4. The van der Waals surface area contributed by atoms with Crippen LogP contribution in [0.15, 0.2) is 233 Å². The van der Waals surface area contributed by atoms with E-state index in [4.69, 9.17) is 39.4 Å². The van der Waals surface area contributed by atoms with Gasteiger partial charge in [0, 0.05) is 88.4 Å². The lowest BCUT2D eigenvalue weighted by Crippen LogP contribution is -2.26. The minimum atomic E-state index is -5.91. The van der Waals surface area contributed by atoms with Crippen molar-refractivity contribution in [1.82, 2.24) is 0 Å². The third kappa shape index (κ3) is 19.6. The first-order chi connectivity index (χ1) is 69.2. The fraction of sp³-hybridized carbons (Fsp3) is 0.160. The number of hydrogen-bond acceptors (Lipinski definition) is 21. The van der Waals surface area contributed by atoms with Crippen LogP contribution in [0.25, 0.3) is 130 Å². The van der Waals surface area contributed by atoms with Gasteiger partial charge in [-0.2, -0.15) is 87.0 Å². The summed E-state index contributed by atoms with van der Waals surface area (Å²) in [6, 6.07) is 36.5. The van der Waals surface area contributed by atoms with Crippen LogP contribution >= 0.6 is 0 Å². The summed E-state index contributed by atoms with van der Waals surface area (Å²) < 4.78 is 318. The maximum Gasteiger partial charge on any atom is 0.573 e. The molecule has 0 fully saturated rings. The number of hydrogen-bond donors (Lipinski definition) is 0. The fourth-order valence-corrected chi connectivity index (χ4v) is 21.0. The molecule has 0 aliphatic heterocycles. The highest BCUT2D eigenvalue weighted by Gasteiger charge is 2.50. The molecule has 0 spiro atoms. The molecule has 0 amide bonds. The fourth-order valence-electron chi connectivity index (χ4n) is 18.2. The quantitative estimate of drug-likeness (QED) is 0.0302. The van der Waals surface area contributed by atoms with Crippen molar-refractivity contribution < 1.29 is 124 Å². The number of ether oxygens (including phenoxy) is 3. The van der Waals surface area contributed by atoms with Crippen LogP contribution in [-0.2, 0) is 92.1 Å². The number of nitro benzene ring substituents is 2. The van der Waals surface area contributed by atoms with E-state index in [1.807, 2.05) is 0 Å². The van der Waals surface area contributed by atoms with Crippen LogP contribution in [0.2, 0.25) is 0 Å². The van der Waals surface area contributed by atoms with Gasteiger partial charge in [0.2, 0.25) is 0 Å². The Bertz CT molecular complexity index is 9160. The van der Waals surface area contributed by atoms with Crippen LogP contribution in [0.4, 0.5) is 77.2 Å². The molecule has 48 heteroatoms. The summed E-state index contributed by atoms with van der Waals surface area (Å²) in [5, 5.41) is 81.3. The molecule has 0 saturated heterocycles. The maximum atomic E-state index is 14.1. The van der Waals surface area contributed by atoms with Crippen LogP contribution in [0.1, 0.15) is 54.2 Å². The Morgan fingerprint density at radius 3 is 0.649 bits per heavy atom. The van der Waals surface area contributed by atoms with Gasteiger partial charge in [-0.15, -0.1) is 39.5 Å². The van der Waals surface area contributed by atoms with Crippen molar-refractivity contribution in [2.45, 2.75) is 109 Å². The van der Waals surface area contributed by atoms with Gasteiger partial charge in [0.05, 0.1) is 46.1 Å². The molecule has 15 rings (SSSR count). The lowest BCUT2D eigenvalue weighted by molar-refractivity contribution is -0.385. The second kappa shape index (κ2) is 39.3. The number of benzene rings is 9. The summed E-state index contributed by atoms with van der Waals surface area (Å²) in [4.78, 5) is 38.8.